The van der Waals surface area contributed by atoms with Crippen molar-refractivity contribution in [1.29, 1.82) is 0 Å². The molecule has 0 amide bonds. The number of fused-ring (bicyclic) bond motifs is 1. The molecule has 1 heterocycles. The highest BCUT2D eigenvalue weighted by Gasteiger charge is 2.28. The van der Waals surface area contributed by atoms with Crippen molar-refractivity contribution in [3.05, 3.63) is 45.6 Å². The van der Waals surface area contributed by atoms with E-state index in [-0.39, 0.29) is 23.8 Å². The number of rotatable bonds is 3. The number of hydrogen-bond donors (Lipinski definition) is 0. The van der Waals surface area contributed by atoms with Crippen molar-refractivity contribution in [2.24, 2.45) is 5.92 Å². The number of ketones is 1. The van der Waals surface area contributed by atoms with E-state index in [0.717, 1.165) is 34.8 Å². The fraction of sp³-hybridized carbons (Fsp3) is 0.500. The molecular weight excluding hydrogens is 415 g/mol. The average molecular weight is 440 g/mol. The molecule has 0 bridgehead atoms. The Morgan fingerprint density at radius 2 is 2.08 bits per heavy atom. The molecule has 0 unspecified atom stereocenters. The van der Waals surface area contributed by atoms with Gasteiger partial charge in [-0.2, -0.15) is 0 Å². The Morgan fingerprint density at radius 3 is 2.88 bits per heavy atom. The Balaban J connectivity index is 2.17. The van der Waals surface area contributed by atoms with E-state index in [2.05, 4.69) is 59.9 Å². The summed E-state index contributed by atoms with van der Waals surface area (Å²) in [5.74, 6) is 0.139. The summed E-state index contributed by atoms with van der Waals surface area (Å²) in [6.07, 6.45) is 17.5. The van der Waals surface area contributed by atoms with Gasteiger partial charge < -0.3 is 4.74 Å². The van der Waals surface area contributed by atoms with Gasteiger partial charge in [0.1, 0.15) is 6.10 Å². The van der Waals surface area contributed by atoms with Crippen molar-refractivity contribution in [1.82, 2.24) is 0 Å². The quantitative estimate of drug-likeness (QED) is 0.344. The van der Waals surface area contributed by atoms with Gasteiger partial charge >= 0.3 is 5.97 Å². The number of carbonyl (C=O) groups is 2. The standard InChI is InChI=1S/C20H25IO3/c1-2-3-6-10-16-12-13-17-15(14-18(21)20(17)23)9-7-4-5-8-11-19(22)24-16/h3-4,6-7,13-16H,2,5,8-12H2,1H3/b6-3-,7-4-,17-13+/t15-,16-/m0/s1. The molecule has 1 aliphatic heterocycles. The van der Waals surface area contributed by atoms with E-state index in [9.17, 15) is 9.59 Å². The zero-order chi connectivity index (χ0) is 17.4. The molecule has 0 N–H and O–H groups in total. The van der Waals surface area contributed by atoms with Crippen molar-refractivity contribution in [2.45, 2.75) is 58.0 Å². The van der Waals surface area contributed by atoms with E-state index in [1.165, 1.54) is 0 Å². The van der Waals surface area contributed by atoms with Gasteiger partial charge in [-0.1, -0.05) is 43.4 Å². The van der Waals surface area contributed by atoms with E-state index in [4.69, 9.17) is 4.74 Å². The molecule has 0 radical (unpaired) electrons. The summed E-state index contributed by atoms with van der Waals surface area (Å²) >= 11 is 2.12. The summed E-state index contributed by atoms with van der Waals surface area (Å²) in [4.78, 5) is 24.4. The molecule has 0 saturated carbocycles. The summed E-state index contributed by atoms with van der Waals surface area (Å²) in [6, 6.07) is 0. The third kappa shape index (κ3) is 5.72. The maximum Gasteiger partial charge on any atom is 0.306 e. The number of ether oxygens (including phenoxy) is 1. The molecule has 0 spiro atoms. The molecule has 4 heteroatoms. The molecule has 130 valence electrons. The number of allylic oxidation sites excluding steroid dienone is 6. The zero-order valence-corrected chi connectivity index (χ0v) is 16.3. The lowest BCUT2D eigenvalue weighted by Gasteiger charge is -2.16. The molecule has 0 saturated heterocycles. The molecule has 0 aromatic carbocycles. The minimum atomic E-state index is -0.187. The van der Waals surface area contributed by atoms with Gasteiger partial charge in [0, 0.05) is 30.8 Å². The van der Waals surface area contributed by atoms with Crippen molar-refractivity contribution < 1.29 is 14.3 Å². The molecule has 0 aromatic heterocycles. The van der Waals surface area contributed by atoms with Crippen LogP contribution in [0.5, 0.6) is 0 Å². The Labute approximate surface area is 158 Å². The van der Waals surface area contributed by atoms with E-state index < -0.39 is 0 Å². The lowest BCUT2D eigenvalue weighted by molar-refractivity contribution is -0.148. The highest BCUT2D eigenvalue weighted by molar-refractivity contribution is 14.1. The average Bonchev–Trinajstić information content (AvgIpc) is 2.82. The van der Waals surface area contributed by atoms with Gasteiger partial charge in [0.25, 0.3) is 0 Å². The van der Waals surface area contributed by atoms with Crippen LogP contribution in [0, 0.1) is 5.92 Å². The van der Waals surface area contributed by atoms with Crippen LogP contribution in [-0.4, -0.2) is 17.9 Å². The van der Waals surface area contributed by atoms with Gasteiger partial charge in [0.15, 0.2) is 5.78 Å². The van der Waals surface area contributed by atoms with Gasteiger partial charge in [-0.15, -0.1) is 0 Å². The second-order valence-corrected chi connectivity index (χ2v) is 7.33. The maximum absolute atomic E-state index is 12.4. The lowest BCUT2D eigenvalue weighted by atomic mass is 9.96. The van der Waals surface area contributed by atoms with Crippen LogP contribution in [0.15, 0.2) is 45.6 Å². The van der Waals surface area contributed by atoms with Crippen molar-refractivity contribution >= 4 is 34.3 Å². The maximum atomic E-state index is 12.4. The second kappa shape index (κ2) is 9.97. The highest BCUT2D eigenvalue weighted by atomic mass is 127. The van der Waals surface area contributed by atoms with Crippen LogP contribution in [0.3, 0.4) is 0 Å². The van der Waals surface area contributed by atoms with Crippen molar-refractivity contribution in [2.75, 3.05) is 0 Å². The van der Waals surface area contributed by atoms with Gasteiger partial charge in [-0.05, 0) is 48.3 Å². The van der Waals surface area contributed by atoms with Crippen LogP contribution in [0.4, 0.5) is 0 Å². The summed E-state index contributed by atoms with van der Waals surface area (Å²) < 4.78 is 6.43. The Hall–Kier alpha value is -1.17. The Bertz CT molecular complexity index is 584. The molecular formula is C20H25IO3. The van der Waals surface area contributed by atoms with Crippen LogP contribution in [0.1, 0.15) is 51.9 Å². The summed E-state index contributed by atoms with van der Waals surface area (Å²) in [5.41, 5.74) is 0.851. The Kier molecular flexibility index (Phi) is 7.95. The van der Waals surface area contributed by atoms with Gasteiger partial charge in [-0.3, -0.25) is 9.59 Å². The summed E-state index contributed by atoms with van der Waals surface area (Å²) in [5, 5.41) is 0. The fourth-order valence-corrected chi connectivity index (χ4v) is 3.67. The predicted molar refractivity (Wildman–Crippen MR) is 105 cm³/mol. The molecule has 2 atom stereocenters. The Morgan fingerprint density at radius 1 is 1.25 bits per heavy atom. The van der Waals surface area contributed by atoms with E-state index >= 15 is 0 Å². The monoisotopic (exact) mass is 440 g/mol. The first kappa shape index (κ1) is 19.2. The lowest BCUT2D eigenvalue weighted by Crippen LogP contribution is -2.17. The number of halogens is 1. The van der Waals surface area contributed by atoms with Gasteiger partial charge in [0.05, 0.1) is 3.58 Å². The highest BCUT2D eigenvalue weighted by Crippen LogP contribution is 2.33. The summed E-state index contributed by atoms with van der Waals surface area (Å²) in [7, 11) is 0. The fourth-order valence-electron chi connectivity index (χ4n) is 2.92. The molecule has 0 aromatic rings. The topological polar surface area (TPSA) is 43.4 Å². The largest absolute Gasteiger partial charge is 0.462 e. The van der Waals surface area contributed by atoms with Crippen molar-refractivity contribution in [3.8, 4) is 0 Å². The number of hydrogen-bond acceptors (Lipinski definition) is 3. The van der Waals surface area contributed by atoms with Gasteiger partial charge in [-0.25, -0.2) is 0 Å². The minimum absolute atomic E-state index is 0.123. The first-order chi connectivity index (χ1) is 11.6. The van der Waals surface area contributed by atoms with E-state index in [1.54, 1.807) is 0 Å². The number of esters is 1. The van der Waals surface area contributed by atoms with Crippen LogP contribution in [0.2, 0.25) is 0 Å². The number of cyclic esters (lactones) is 1. The third-order valence-corrected chi connectivity index (χ3v) is 5.08. The van der Waals surface area contributed by atoms with Crippen LogP contribution >= 0.6 is 22.6 Å². The van der Waals surface area contributed by atoms with Crippen LogP contribution in [0.25, 0.3) is 0 Å². The molecule has 2 rings (SSSR count). The molecule has 24 heavy (non-hydrogen) atoms. The molecule has 3 nitrogen and oxygen atoms in total. The summed E-state index contributed by atoms with van der Waals surface area (Å²) in [6.45, 7) is 2.08. The van der Waals surface area contributed by atoms with Crippen molar-refractivity contribution in [3.63, 3.8) is 0 Å². The van der Waals surface area contributed by atoms with Crippen LogP contribution in [-0.2, 0) is 14.3 Å². The number of Topliss-reactive ketones (excluding diaryl/α,β-unsaturated/α-hetero) is 1. The molecule has 2 aliphatic rings. The minimum Gasteiger partial charge on any atom is -0.462 e. The number of carbonyl (C=O) groups excluding carboxylic acids is 2. The molecule has 1 aliphatic carbocycles. The van der Waals surface area contributed by atoms with Gasteiger partial charge in [0.2, 0.25) is 0 Å². The SMILES string of the molecule is CC/C=C\C[C@H]1C/C=C2/C(=O)C(I)=C[C@@H]2C/C=C\CCCC(=O)O1. The van der Waals surface area contributed by atoms with E-state index in [0.29, 0.717) is 19.3 Å². The zero-order valence-electron chi connectivity index (χ0n) is 14.2. The normalized spacial score (nSPS) is 29.6. The predicted octanol–water partition coefficient (Wildman–Crippen LogP) is 5.22. The molecule has 0 fully saturated rings. The smallest absolute Gasteiger partial charge is 0.306 e. The van der Waals surface area contributed by atoms with E-state index in [1.807, 2.05) is 6.08 Å². The first-order valence-electron chi connectivity index (χ1n) is 8.73. The first-order valence-corrected chi connectivity index (χ1v) is 9.81. The second-order valence-electron chi connectivity index (χ2n) is 6.17. The third-order valence-electron chi connectivity index (χ3n) is 4.23. The van der Waals surface area contributed by atoms with Crippen LogP contribution < -0.4 is 0 Å².